The van der Waals surface area contributed by atoms with Gasteiger partial charge in [-0.15, -0.1) is 23.5 Å². The fraction of sp³-hybridized carbons (Fsp3) is 0.714. The van der Waals surface area contributed by atoms with Crippen LogP contribution in [0.1, 0.15) is 13.3 Å². The van der Waals surface area contributed by atoms with Gasteiger partial charge in [0.1, 0.15) is 6.61 Å². The first-order valence-corrected chi connectivity index (χ1v) is 5.50. The SMILES string of the molecule is CC(=O)OCC1CCS[CH]S1. The van der Waals surface area contributed by atoms with E-state index >= 15 is 0 Å². The van der Waals surface area contributed by atoms with Crippen molar-refractivity contribution in [2.24, 2.45) is 0 Å². The largest absolute Gasteiger partial charge is 0.465 e. The summed E-state index contributed by atoms with van der Waals surface area (Å²) in [5.41, 5.74) is 0. The maximum absolute atomic E-state index is 10.4. The molecule has 4 heteroatoms. The number of carbonyl (C=O) groups is 1. The number of ether oxygens (including phenoxy) is 1. The van der Waals surface area contributed by atoms with E-state index in [1.165, 1.54) is 6.92 Å². The smallest absolute Gasteiger partial charge is 0.302 e. The molecule has 0 aromatic rings. The second-order valence-electron chi connectivity index (χ2n) is 2.32. The first-order valence-electron chi connectivity index (χ1n) is 3.51. The van der Waals surface area contributed by atoms with Crippen molar-refractivity contribution in [3.05, 3.63) is 5.08 Å². The van der Waals surface area contributed by atoms with Gasteiger partial charge in [-0.2, -0.15) is 0 Å². The van der Waals surface area contributed by atoms with Crippen molar-refractivity contribution in [3.8, 4) is 0 Å². The van der Waals surface area contributed by atoms with Crippen LogP contribution >= 0.6 is 23.5 Å². The lowest BCUT2D eigenvalue weighted by Crippen LogP contribution is -2.17. The lowest BCUT2D eigenvalue weighted by Gasteiger charge is -2.19. The van der Waals surface area contributed by atoms with Crippen molar-refractivity contribution in [3.63, 3.8) is 0 Å². The fourth-order valence-electron chi connectivity index (χ4n) is 0.766. The van der Waals surface area contributed by atoms with Crippen LogP contribution in [0.2, 0.25) is 0 Å². The molecule has 0 aliphatic carbocycles. The molecule has 2 nitrogen and oxygen atoms in total. The van der Waals surface area contributed by atoms with Crippen molar-refractivity contribution in [2.45, 2.75) is 18.6 Å². The zero-order chi connectivity index (χ0) is 8.10. The van der Waals surface area contributed by atoms with Crippen LogP contribution in [0.5, 0.6) is 0 Å². The van der Waals surface area contributed by atoms with E-state index in [0.29, 0.717) is 11.9 Å². The summed E-state index contributed by atoms with van der Waals surface area (Å²) in [4.78, 5) is 10.4. The molecule has 0 aromatic heterocycles. The summed E-state index contributed by atoms with van der Waals surface area (Å²) in [7, 11) is 0. The van der Waals surface area contributed by atoms with Gasteiger partial charge in [0.2, 0.25) is 0 Å². The molecule has 1 saturated heterocycles. The Kier molecular flexibility index (Phi) is 4.15. The third kappa shape index (κ3) is 3.91. The van der Waals surface area contributed by atoms with Gasteiger partial charge in [-0.1, -0.05) is 0 Å². The van der Waals surface area contributed by atoms with E-state index < -0.39 is 0 Å². The van der Waals surface area contributed by atoms with Crippen LogP contribution in [0.25, 0.3) is 0 Å². The van der Waals surface area contributed by atoms with Gasteiger partial charge in [-0.25, -0.2) is 0 Å². The van der Waals surface area contributed by atoms with Gasteiger partial charge in [0.05, 0.1) is 5.08 Å². The predicted octanol–water partition coefficient (Wildman–Crippen LogP) is 1.91. The summed E-state index contributed by atoms with van der Waals surface area (Å²) >= 11 is 3.60. The molecule has 1 unspecified atom stereocenters. The zero-order valence-electron chi connectivity index (χ0n) is 6.41. The van der Waals surface area contributed by atoms with Gasteiger partial charge >= 0.3 is 5.97 Å². The molecule has 1 aliphatic rings. The van der Waals surface area contributed by atoms with Gasteiger partial charge in [0, 0.05) is 12.2 Å². The van der Waals surface area contributed by atoms with Gasteiger partial charge in [0.15, 0.2) is 0 Å². The van der Waals surface area contributed by atoms with Crippen LogP contribution < -0.4 is 0 Å². The summed E-state index contributed by atoms with van der Waals surface area (Å²) in [5.74, 6) is 0.975. The highest BCUT2D eigenvalue weighted by Crippen LogP contribution is 2.32. The number of rotatable bonds is 2. The molecule has 1 radical (unpaired) electrons. The summed E-state index contributed by atoms with van der Waals surface area (Å²) in [6.07, 6.45) is 1.14. The molecule has 0 amide bonds. The number of thioether (sulfide) groups is 2. The predicted molar refractivity (Wildman–Crippen MR) is 49.4 cm³/mol. The van der Waals surface area contributed by atoms with Crippen LogP contribution in [-0.2, 0) is 9.53 Å². The molecule has 0 aromatic carbocycles. The first kappa shape index (κ1) is 9.26. The topological polar surface area (TPSA) is 26.3 Å². The maximum atomic E-state index is 10.4. The molecule has 1 fully saturated rings. The highest BCUT2D eigenvalue weighted by Gasteiger charge is 2.15. The highest BCUT2D eigenvalue weighted by atomic mass is 32.2. The van der Waals surface area contributed by atoms with E-state index in [1.54, 1.807) is 11.8 Å². The molecule has 1 heterocycles. The summed E-state index contributed by atoms with van der Waals surface area (Å²) < 4.78 is 4.89. The van der Waals surface area contributed by atoms with Crippen LogP contribution in [-0.4, -0.2) is 23.6 Å². The summed E-state index contributed by atoms with van der Waals surface area (Å²) in [6.45, 7) is 2.02. The first-order chi connectivity index (χ1) is 5.29. The monoisotopic (exact) mass is 191 g/mol. The third-order valence-corrected chi connectivity index (χ3v) is 3.56. The van der Waals surface area contributed by atoms with Crippen LogP contribution in [0, 0.1) is 5.08 Å². The normalized spacial score (nSPS) is 24.6. The molecule has 63 valence electrons. The molecule has 1 aliphatic heterocycles. The van der Waals surface area contributed by atoms with Gasteiger partial charge in [0.25, 0.3) is 0 Å². The molecule has 1 rings (SSSR count). The Hall–Kier alpha value is 0.170. The lowest BCUT2D eigenvalue weighted by atomic mass is 10.3. The second-order valence-corrected chi connectivity index (χ2v) is 4.77. The Morgan fingerprint density at radius 1 is 1.82 bits per heavy atom. The van der Waals surface area contributed by atoms with Crippen molar-refractivity contribution < 1.29 is 9.53 Å². The maximum Gasteiger partial charge on any atom is 0.302 e. The van der Waals surface area contributed by atoms with Gasteiger partial charge in [-0.05, 0) is 12.2 Å². The Balaban J connectivity index is 2.09. The molecular weight excluding hydrogens is 180 g/mol. The van der Waals surface area contributed by atoms with E-state index in [1.807, 2.05) is 11.8 Å². The van der Waals surface area contributed by atoms with Gasteiger partial charge in [-0.3, -0.25) is 4.79 Å². The second kappa shape index (κ2) is 4.93. The van der Waals surface area contributed by atoms with Crippen molar-refractivity contribution >= 4 is 29.5 Å². The van der Waals surface area contributed by atoms with E-state index in [0.717, 1.165) is 12.2 Å². The lowest BCUT2D eigenvalue weighted by molar-refractivity contribution is -0.140. The van der Waals surface area contributed by atoms with Crippen LogP contribution in [0.3, 0.4) is 0 Å². The van der Waals surface area contributed by atoms with Crippen molar-refractivity contribution in [2.75, 3.05) is 12.4 Å². The van der Waals surface area contributed by atoms with Crippen LogP contribution in [0.4, 0.5) is 0 Å². The average molecular weight is 191 g/mol. The molecule has 11 heavy (non-hydrogen) atoms. The number of carbonyl (C=O) groups excluding carboxylic acids is 1. The van der Waals surface area contributed by atoms with Crippen LogP contribution in [0.15, 0.2) is 0 Å². The Labute approximate surface area is 75.4 Å². The van der Waals surface area contributed by atoms with Crippen molar-refractivity contribution in [1.29, 1.82) is 0 Å². The molecule has 0 spiro atoms. The molecule has 0 N–H and O–H groups in total. The standard InChI is InChI=1S/C7H11O2S2/c1-6(8)9-4-7-2-3-10-5-11-7/h5,7H,2-4H2,1H3. The van der Waals surface area contributed by atoms with Gasteiger partial charge < -0.3 is 4.74 Å². The minimum absolute atomic E-state index is 0.177. The minimum Gasteiger partial charge on any atom is -0.465 e. The summed E-state index contributed by atoms with van der Waals surface area (Å²) in [6, 6.07) is 0. The third-order valence-electron chi connectivity index (χ3n) is 1.35. The highest BCUT2D eigenvalue weighted by molar-refractivity contribution is 8.20. The number of hydrogen-bond donors (Lipinski definition) is 0. The zero-order valence-corrected chi connectivity index (χ0v) is 8.04. The molecule has 1 atom stereocenters. The molecule has 0 bridgehead atoms. The van der Waals surface area contributed by atoms with E-state index in [2.05, 4.69) is 5.08 Å². The van der Waals surface area contributed by atoms with Crippen molar-refractivity contribution in [1.82, 2.24) is 0 Å². The number of esters is 1. The molecular formula is C7H11O2S2. The quantitative estimate of drug-likeness (QED) is 0.623. The fourth-order valence-corrected chi connectivity index (χ4v) is 3.06. The minimum atomic E-state index is -0.177. The van der Waals surface area contributed by atoms with E-state index in [4.69, 9.17) is 4.74 Å². The van der Waals surface area contributed by atoms with E-state index in [-0.39, 0.29) is 5.97 Å². The Bertz CT molecular complexity index is 132. The molecule has 0 saturated carbocycles. The number of hydrogen-bond acceptors (Lipinski definition) is 4. The summed E-state index contributed by atoms with van der Waals surface area (Å²) in [5, 5.41) is 2.61. The average Bonchev–Trinajstić information content (AvgIpc) is 2.03. The Morgan fingerprint density at radius 3 is 3.18 bits per heavy atom. The van der Waals surface area contributed by atoms with E-state index in [9.17, 15) is 4.79 Å². The Morgan fingerprint density at radius 2 is 2.64 bits per heavy atom.